The lowest BCUT2D eigenvalue weighted by atomic mass is 10.0. The number of benzene rings is 1. The molecule has 5 nitrogen and oxygen atoms in total. The molecule has 1 aromatic heterocycles. The summed E-state index contributed by atoms with van der Waals surface area (Å²) < 4.78 is 5.22. The first-order valence-electron chi connectivity index (χ1n) is 8.31. The molecule has 3 rings (SSSR count). The molecule has 24 heavy (non-hydrogen) atoms. The zero-order chi connectivity index (χ0) is 16.8. The maximum Gasteiger partial charge on any atom is 0.223 e. The minimum Gasteiger partial charge on any atom is -0.497 e. The monoisotopic (exact) mass is 325 g/mol. The van der Waals surface area contributed by atoms with Gasteiger partial charge < -0.3 is 15.0 Å². The van der Waals surface area contributed by atoms with Gasteiger partial charge in [0.05, 0.1) is 13.2 Å². The topological polar surface area (TPSA) is 54.5 Å². The van der Waals surface area contributed by atoms with E-state index in [0.717, 1.165) is 42.9 Å². The van der Waals surface area contributed by atoms with Crippen LogP contribution in [0.5, 0.6) is 5.75 Å². The molecule has 1 aromatic carbocycles. The summed E-state index contributed by atoms with van der Waals surface area (Å²) in [6.07, 6.45) is 4.82. The van der Waals surface area contributed by atoms with Crippen molar-refractivity contribution in [3.8, 4) is 5.75 Å². The number of nitrogens with one attached hydrogen (secondary N) is 1. The molecule has 2 aromatic rings. The molecular weight excluding hydrogens is 302 g/mol. The minimum absolute atomic E-state index is 0.0751. The number of hydrogen-bond donors (Lipinski definition) is 1. The third-order valence-electron chi connectivity index (χ3n) is 4.41. The van der Waals surface area contributed by atoms with Gasteiger partial charge in [0.2, 0.25) is 5.91 Å². The van der Waals surface area contributed by atoms with Gasteiger partial charge in [0.15, 0.2) is 0 Å². The molecule has 0 unspecified atom stereocenters. The van der Waals surface area contributed by atoms with Crippen molar-refractivity contribution >= 4 is 5.91 Å². The maximum atomic E-state index is 12.7. The number of nitrogens with zero attached hydrogens (tertiary/aromatic N) is 2. The van der Waals surface area contributed by atoms with E-state index in [1.165, 1.54) is 0 Å². The Morgan fingerprint density at radius 1 is 1.33 bits per heavy atom. The first kappa shape index (κ1) is 16.5. The number of ether oxygens (including phenoxy) is 1. The third kappa shape index (κ3) is 3.92. The minimum atomic E-state index is 0.0751. The molecule has 1 saturated heterocycles. The van der Waals surface area contributed by atoms with E-state index in [2.05, 4.69) is 10.3 Å². The van der Waals surface area contributed by atoms with Crippen LogP contribution < -0.4 is 10.1 Å². The van der Waals surface area contributed by atoms with Crippen molar-refractivity contribution < 1.29 is 9.53 Å². The van der Waals surface area contributed by atoms with E-state index in [1.807, 2.05) is 47.5 Å². The number of amides is 1. The lowest BCUT2D eigenvalue weighted by Gasteiger charge is -2.36. The molecule has 0 radical (unpaired) electrons. The van der Waals surface area contributed by atoms with Gasteiger partial charge in [0.25, 0.3) is 0 Å². The van der Waals surface area contributed by atoms with Crippen molar-refractivity contribution in [2.45, 2.75) is 18.9 Å². The Labute approximate surface area is 142 Å². The Morgan fingerprint density at radius 3 is 2.88 bits per heavy atom. The number of carbonyl (C=O) groups excluding carboxylic acids is 1. The number of aryl methyl sites for hydroxylation is 1. The average molecular weight is 325 g/mol. The van der Waals surface area contributed by atoms with Gasteiger partial charge in [0, 0.05) is 38.4 Å². The zero-order valence-electron chi connectivity index (χ0n) is 13.9. The molecule has 126 valence electrons. The third-order valence-corrected chi connectivity index (χ3v) is 4.41. The summed E-state index contributed by atoms with van der Waals surface area (Å²) in [5, 5.41) is 3.39. The summed E-state index contributed by atoms with van der Waals surface area (Å²) in [6, 6.07) is 12.0. The second kappa shape index (κ2) is 7.93. The maximum absolute atomic E-state index is 12.7. The van der Waals surface area contributed by atoms with Gasteiger partial charge in [-0.15, -0.1) is 0 Å². The van der Waals surface area contributed by atoms with Crippen molar-refractivity contribution in [1.29, 1.82) is 0 Å². The molecule has 2 heterocycles. The number of hydrogen-bond acceptors (Lipinski definition) is 4. The fourth-order valence-corrected chi connectivity index (χ4v) is 3.07. The molecule has 0 aliphatic carbocycles. The second-order valence-electron chi connectivity index (χ2n) is 5.94. The second-order valence-corrected chi connectivity index (χ2v) is 5.94. The molecule has 1 aliphatic heterocycles. The number of piperazine rings is 1. The van der Waals surface area contributed by atoms with Crippen LogP contribution in [0.1, 0.15) is 23.6 Å². The van der Waals surface area contributed by atoms with Gasteiger partial charge in [-0.2, -0.15) is 0 Å². The molecular formula is C19H23N3O2. The highest BCUT2D eigenvalue weighted by Crippen LogP contribution is 2.25. The smallest absolute Gasteiger partial charge is 0.223 e. The lowest BCUT2D eigenvalue weighted by molar-refractivity contribution is -0.134. The number of rotatable bonds is 5. The summed E-state index contributed by atoms with van der Waals surface area (Å²) in [7, 11) is 1.66. The normalized spacial score (nSPS) is 17.5. The lowest BCUT2D eigenvalue weighted by Crippen LogP contribution is -2.48. The molecule has 1 aliphatic rings. The SMILES string of the molecule is COc1ccc([C@H]2CNCCN2C(=O)CCc2cccnc2)cc1. The van der Waals surface area contributed by atoms with Crippen molar-refractivity contribution in [3.63, 3.8) is 0 Å². The number of carbonyl (C=O) groups is 1. The van der Waals surface area contributed by atoms with E-state index in [-0.39, 0.29) is 11.9 Å². The fraction of sp³-hybridized carbons (Fsp3) is 0.368. The molecule has 0 spiro atoms. The van der Waals surface area contributed by atoms with Crippen LogP contribution in [-0.4, -0.2) is 42.5 Å². The average Bonchev–Trinajstić information content (AvgIpc) is 2.67. The van der Waals surface area contributed by atoms with Crippen LogP contribution in [0.25, 0.3) is 0 Å². The largest absolute Gasteiger partial charge is 0.497 e. The Morgan fingerprint density at radius 2 is 2.17 bits per heavy atom. The van der Waals surface area contributed by atoms with Crippen molar-refractivity contribution in [1.82, 2.24) is 15.2 Å². The van der Waals surface area contributed by atoms with E-state index in [1.54, 1.807) is 13.3 Å². The van der Waals surface area contributed by atoms with Gasteiger partial charge >= 0.3 is 0 Å². The predicted molar refractivity (Wildman–Crippen MR) is 92.9 cm³/mol. The molecule has 1 amide bonds. The number of pyridine rings is 1. The molecule has 1 N–H and O–H groups in total. The van der Waals surface area contributed by atoms with E-state index < -0.39 is 0 Å². The summed E-state index contributed by atoms with van der Waals surface area (Å²) in [6.45, 7) is 2.36. The van der Waals surface area contributed by atoms with Crippen LogP contribution in [0.3, 0.4) is 0 Å². The molecule has 1 fully saturated rings. The van der Waals surface area contributed by atoms with Gasteiger partial charge in [-0.25, -0.2) is 0 Å². The summed E-state index contributed by atoms with van der Waals surface area (Å²) in [5.74, 6) is 1.03. The number of methoxy groups -OCH3 is 1. The van der Waals surface area contributed by atoms with Crippen LogP contribution in [0, 0.1) is 0 Å². The van der Waals surface area contributed by atoms with Crippen molar-refractivity contribution in [3.05, 3.63) is 59.9 Å². The van der Waals surface area contributed by atoms with Gasteiger partial charge in [-0.3, -0.25) is 9.78 Å². The molecule has 5 heteroatoms. The van der Waals surface area contributed by atoms with Crippen LogP contribution in [0.15, 0.2) is 48.8 Å². The van der Waals surface area contributed by atoms with Crippen LogP contribution in [0.2, 0.25) is 0 Å². The highest BCUT2D eigenvalue weighted by Gasteiger charge is 2.27. The number of aromatic nitrogens is 1. The highest BCUT2D eigenvalue weighted by atomic mass is 16.5. The Balaban J connectivity index is 1.67. The van der Waals surface area contributed by atoms with Crippen molar-refractivity contribution in [2.24, 2.45) is 0 Å². The Bertz CT molecular complexity index is 658. The van der Waals surface area contributed by atoms with Gasteiger partial charge in [0.1, 0.15) is 5.75 Å². The standard InChI is InChI=1S/C19H23N3O2/c1-24-17-7-5-16(6-8-17)18-14-21-11-12-22(18)19(23)9-4-15-3-2-10-20-13-15/h2-3,5-8,10,13,18,21H,4,9,11-12,14H2,1H3/t18-/m1/s1. The summed E-state index contributed by atoms with van der Waals surface area (Å²) >= 11 is 0. The van der Waals surface area contributed by atoms with E-state index >= 15 is 0 Å². The van der Waals surface area contributed by atoms with Gasteiger partial charge in [-0.05, 0) is 35.7 Å². The summed E-state index contributed by atoms with van der Waals surface area (Å²) in [5.41, 5.74) is 2.24. The van der Waals surface area contributed by atoms with Crippen LogP contribution in [0.4, 0.5) is 0 Å². The van der Waals surface area contributed by atoms with E-state index in [9.17, 15) is 4.79 Å². The molecule has 0 saturated carbocycles. The quantitative estimate of drug-likeness (QED) is 0.916. The summed E-state index contributed by atoms with van der Waals surface area (Å²) in [4.78, 5) is 18.8. The first-order chi connectivity index (χ1) is 11.8. The molecule has 0 bridgehead atoms. The highest BCUT2D eigenvalue weighted by molar-refractivity contribution is 5.77. The Kier molecular flexibility index (Phi) is 5.43. The predicted octanol–water partition coefficient (Wildman–Crippen LogP) is 2.20. The fourth-order valence-electron chi connectivity index (χ4n) is 3.07. The van der Waals surface area contributed by atoms with Crippen molar-refractivity contribution in [2.75, 3.05) is 26.7 Å². The molecule has 1 atom stereocenters. The van der Waals surface area contributed by atoms with Crippen LogP contribution in [-0.2, 0) is 11.2 Å². The van der Waals surface area contributed by atoms with Crippen LogP contribution >= 0.6 is 0 Å². The Hall–Kier alpha value is -2.40. The van der Waals surface area contributed by atoms with Gasteiger partial charge in [-0.1, -0.05) is 18.2 Å². The van der Waals surface area contributed by atoms with E-state index in [0.29, 0.717) is 6.42 Å². The zero-order valence-corrected chi connectivity index (χ0v) is 13.9. The first-order valence-corrected chi connectivity index (χ1v) is 8.31. The van der Waals surface area contributed by atoms with E-state index in [4.69, 9.17) is 4.74 Å².